The van der Waals surface area contributed by atoms with Crippen LogP contribution in [-0.4, -0.2) is 24.7 Å². The van der Waals surface area contributed by atoms with Crippen LogP contribution in [0.2, 0.25) is 0 Å². The van der Waals surface area contributed by atoms with Crippen molar-refractivity contribution in [3.63, 3.8) is 0 Å². The molecule has 3 aromatic carbocycles. The van der Waals surface area contributed by atoms with Crippen molar-refractivity contribution in [2.45, 2.75) is 25.3 Å². The summed E-state index contributed by atoms with van der Waals surface area (Å²) in [4.78, 5) is 0. The van der Waals surface area contributed by atoms with Crippen LogP contribution in [-0.2, 0) is 9.47 Å². The van der Waals surface area contributed by atoms with Crippen LogP contribution in [0.25, 0.3) is 0 Å². The molecule has 1 unspecified atom stereocenters. The van der Waals surface area contributed by atoms with Gasteiger partial charge in [0.25, 0.3) is 0 Å². The number of ether oxygens (including phenoxy) is 2. The zero-order valence-corrected chi connectivity index (χ0v) is 18.8. The third-order valence-electron chi connectivity index (χ3n) is 6.13. The first-order valence-electron chi connectivity index (χ1n) is 9.68. The Hall–Kier alpha value is -1.51. The summed E-state index contributed by atoms with van der Waals surface area (Å²) in [5, 5.41) is 0.706. The first kappa shape index (κ1) is 19.8. The molecule has 1 heterocycles. The molecule has 2 nitrogen and oxygen atoms in total. The maximum absolute atomic E-state index is 6.22. The minimum atomic E-state index is -3.12. The third-order valence-corrected chi connectivity index (χ3v) is 17.5. The van der Waals surface area contributed by atoms with Crippen LogP contribution in [0.4, 0.5) is 0 Å². The van der Waals surface area contributed by atoms with Crippen molar-refractivity contribution in [3.8, 4) is 0 Å². The molecule has 0 radical (unpaired) electrons. The first-order valence-corrected chi connectivity index (χ1v) is 14.0. The van der Waals surface area contributed by atoms with Gasteiger partial charge in [-0.05, 0) is 0 Å². The Morgan fingerprint density at radius 2 is 1.04 bits per heavy atom. The fourth-order valence-corrected chi connectivity index (χ4v) is 13.3. The number of benzene rings is 3. The molecule has 1 saturated heterocycles. The molecule has 0 aromatic heterocycles. The second-order valence-corrected chi connectivity index (χ2v) is 16.4. The van der Waals surface area contributed by atoms with E-state index in [0.29, 0.717) is 13.2 Å². The van der Waals surface area contributed by atoms with E-state index < -0.39 is 11.1 Å². The molecule has 1 aliphatic rings. The van der Waals surface area contributed by atoms with Gasteiger partial charge in [-0.1, -0.05) is 0 Å². The molecule has 28 heavy (non-hydrogen) atoms. The van der Waals surface area contributed by atoms with E-state index >= 15 is 0 Å². The van der Waals surface area contributed by atoms with Crippen molar-refractivity contribution < 1.29 is 9.47 Å². The van der Waals surface area contributed by atoms with Gasteiger partial charge in [0.05, 0.1) is 0 Å². The molecule has 4 heteroatoms. The Labute approximate surface area is 175 Å². The Morgan fingerprint density at radius 3 is 1.36 bits per heavy atom. The Morgan fingerprint density at radius 1 is 0.714 bits per heavy atom. The Balaban J connectivity index is 2.13. The molecular formula is C24H26BrO2P. The summed E-state index contributed by atoms with van der Waals surface area (Å²) in [6.45, 7) is 5.60. The van der Waals surface area contributed by atoms with Crippen molar-refractivity contribution >= 4 is 36.7 Å². The molecule has 1 aliphatic heterocycles. The summed E-state index contributed by atoms with van der Waals surface area (Å²) in [7, 11) is 0. The zero-order valence-electron chi connectivity index (χ0n) is 16.3. The van der Waals surface area contributed by atoms with Gasteiger partial charge in [-0.3, -0.25) is 0 Å². The van der Waals surface area contributed by atoms with Gasteiger partial charge in [-0.15, -0.1) is 0 Å². The van der Waals surface area contributed by atoms with Gasteiger partial charge in [0.15, 0.2) is 0 Å². The van der Waals surface area contributed by atoms with Crippen LogP contribution in [0.3, 0.4) is 0 Å². The maximum atomic E-state index is 6.22. The van der Waals surface area contributed by atoms with Crippen molar-refractivity contribution in [3.05, 3.63) is 91.0 Å². The van der Waals surface area contributed by atoms with Gasteiger partial charge in [-0.2, -0.15) is 0 Å². The quantitative estimate of drug-likeness (QED) is 0.504. The van der Waals surface area contributed by atoms with Gasteiger partial charge >= 0.3 is 176 Å². The molecular weight excluding hydrogens is 431 g/mol. The monoisotopic (exact) mass is 456 g/mol. The van der Waals surface area contributed by atoms with Gasteiger partial charge in [0.1, 0.15) is 0 Å². The average Bonchev–Trinajstić information content (AvgIpc) is 3.22. The third kappa shape index (κ3) is 2.80. The Bertz CT molecular complexity index is 825. The van der Waals surface area contributed by atoms with Gasteiger partial charge in [0, 0.05) is 0 Å². The van der Waals surface area contributed by atoms with E-state index in [1.807, 2.05) is 0 Å². The van der Waals surface area contributed by atoms with E-state index in [0.717, 1.165) is 0 Å². The fraction of sp³-hybridized carbons (Fsp3) is 0.250. The molecule has 1 fully saturated rings. The summed E-state index contributed by atoms with van der Waals surface area (Å²) in [6.07, 6.45) is 0. The van der Waals surface area contributed by atoms with E-state index in [2.05, 4.69) is 120 Å². The van der Waals surface area contributed by atoms with E-state index in [1.165, 1.54) is 15.9 Å². The molecule has 3 aromatic rings. The normalized spacial score (nSPS) is 18.9. The van der Waals surface area contributed by atoms with Crippen LogP contribution >= 0.6 is 20.8 Å². The van der Waals surface area contributed by atoms with E-state index in [1.54, 1.807) is 0 Å². The predicted molar refractivity (Wildman–Crippen MR) is 124 cm³/mol. The molecule has 0 aliphatic carbocycles. The number of rotatable bonds is 5. The molecule has 0 spiro atoms. The molecule has 4 rings (SSSR count). The second kappa shape index (κ2) is 7.39. The predicted octanol–water partition coefficient (Wildman–Crippen LogP) is 4.98. The molecule has 0 bridgehead atoms. The molecule has 1 atom stereocenters. The van der Waals surface area contributed by atoms with Gasteiger partial charge < -0.3 is 0 Å². The van der Waals surface area contributed by atoms with Crippen LogP contribution in [0.15, 0.2) is 91.0 Å². The molecule has 0 N–H and O–H groups in total. The number of halogens is 1. The average molecular weight is 457 g/mol. The summed E-state index contributed by atoms with van der Waals surface area (Å²) < 4.78 is 12.4. The summed E-state index contributed by atoms with van der Waals surface area (Å²) >= 11 is 4.50. The second-order valence-electron chi connectivity index (χ2n) is 7.47. The zero-order chi connectivity index (χ0) is 19.7. The molecule has 146 valence electrons. The van der Waals surface area contributed by atoms with Crippen LogP contribution < -0.4 is 15.9 Å². The number of hydrogen-bond donors (Lipinski definition) is 0. The summed E-state index contributed by atoms with van der Waals surface area (Å²) in [5.41, 5.74) is 0.0493. The fourth-order valence-electron chi connectivity index (χ4n) is 4.49. The van der Waals surface area contributed by atoms with Crippen LogP contribution in [0.5, 0.6) is 0 Å². The first-order chi connectivity index (χ1) is 13.5. The number of hydrogen-bond acceptors (Lipinski definition) is 2. The Kier molecular flexibility index (Phi) is 5.22. The summed E-state index contributed by atoms with van der Waals surface area (Å²) in [6, 6.07) is 32.4. The van der Waals surface area contributed by atoms with E-state index in [4.69, 9.17) is 9.47 Å². The van der Waals surface area contributed by atoms with Crippen LogP contribution in [0.1, 0.15) is 13.8 Å². The van der Waals surface area contributed by atoms with Crippen molar-refractivity contribution in [1.29, 1.82) is 0 Å². The van der Waals surface area contributed by atoms with Crippen LogP contribution in [0, 0.1) is 0 Å². The van der Waals surface area contributed by atoms with Crippen molar-refractivity contribution in [1.82, 2.24) is 0 Å². The summed E-state index contributed by atoms with van der Waals surface area (Å²) in [5.74, 6) is -0.678. The van der Waals surface area contributed by atoms with E-state index in [-0.39, 0.29) is 5.66 Å². The molecule has 0 amide bonds. The SMILES string of the molecule is CC(C1(C)OCCO1)P(Br)(c1ccccc1)(c1ccccc1)c1ccccc1. The van der Waals surface area contributed by atoms with E-state index in [9.17, 15) is 0 Å². The topological polar surface area (TPSA) is 18.5 Å². The van der Waals surface area contributed by atoms with Crippen molar-refractivity contribution in [2.75, 3.05) is 13.2 Å². The molecule has 0 saturated carbocycles. The standard InChI is InChI=1S/C24H26BrO2P/c1-20(24(2)26-18-19-27-24)28(25,21-12-6-3-7-13-21,22-14-8-4-9-15-22)23-16-10-5-11-17-23/h3-17,20H,18-19H2,1-2H3. The van der Waals surface area contributed by atoms with Gasteiger partial charge in [0.2, 0.25) is 0 Å². The van der Waals surface area contributed by atoms with Crippen molar-refractivity contribution in [2.24, 2.45) is 0 Å². The minimum absolute atomic E-state index is 0.0493. The van der Waals surface area contributed by atoms with Gasteiger partial charge in [-0.25, -0.2) is 0 Å².